The number of aromatic nitrogens is 1. The van der Waals surface area contributed by atoms with E-state index in [9.17, 15) is 14.4 Å². The van der Waals surface area contributed by atoms with Gasteiger partial charge < -0.3 is 14.6 Å². The Morgan fingerprint density at radius 2 is 1.81 bits per heavy atom. The largest absolute Gasteiger partial charge is 0.469 e. The Balaban J connectivity index is 1.99. The van der Waals surface area contributed by atoms with Crippen molar-refractivity contribution < 1.29 is 19.1 Å². The van der Waals surface area contributed by atoms with E-state index in [0.29, 0.717) is 17.9 Å². The van der Waals surface area contributed by atoms with Crippen LogP contribution in [0.3, 0.4) is 0 Å². The molecule has 2 rings (SSSR count). The third-order valence-corrected chi connectivity index (χ3v) is 5.20. The molecule has 1 N–H and O–H groups in total. The van der Waals surface area contributed by atoms with Gasteiger partial charge in [0.1, 0.15) is 0 Å². The van der Waals surface area contributed by atoms with Gasteiger partial charge in [0, 0.05) is 41.0 Å². The van der Waals surface area contributed by atoms with Gasteiger partial charge in [-0.25, -0.2) is 0 Å². The van der Waals surface area contributed by atoms with Crippen LogP contribution >= 0.6 is 11.8 Å². The Labute approximate surface area is 163 Å². The molecule has 2 aromatic rings. The van der Waals surface area contributed by atoms with Gasteiger partial charge in [-0.2, -0.15) is 0 Å². The normalized spacial score (nSPS) is 10.5. The third kappa shape index (κ3) is 5.72. The minimum absolute atomic E-state index is 0.0448. The molecular weight excluding hydrogens is 364 g/mol. The van der Waals surface area contributed by atoms with Gasteiger partial charge in [0.15, 0.2) is 5.78 Å². The van der Waals surface area contributed by atoms with Crippen LogP contribution in [-0.4, -0.2) is 35.1 Å². The second-order valence-electron chi connectivity index (χ2n) is 6.18. The Hall–Kier alpha value is -2.54. The number of methoxy groups -OCH3 is 1. The molecule has 144 valence electrons. The summed E-state index contributed by atoms with van der Waals surface area (Å²) >= 11 is 1.45. The first-order valence-corrected chi connectivity index (χ1v) is 9.57. The van der Waals surface area contributed by atoms with E-state index < -0.39 is 0 Å². The van der Waals surface area contributed by atoms with E-state index in [2.05, 4.69) is 10.1 Å². The molecule has 0 aliphatic heterocycles. The standard InChI is InChI=1S/C20H24N2O4S/c1-13-11-18(14(2)22(13)10-9-20(25)26-4)19(24)12-27-17-7-5-16(6-8-17)21-15(3)23/h5-8,11H,9-10,12H2,1-4H3,(H,21,23). The highest BCUT2D eigenvalue weighted by molar-refractivity contribution is 8.00. The van der Waals surface area contributed by atoms with Crippen molar-refractivity contribution >= 4 is 35.1 Å². The highest BCUT2D eigenvalue weighted by Gasteiger charge is 2.16. The Morgan fingerprint density at radius 1 is 1.15 bits per heavy atom. The fraction of sp³-hybridized carbons (Fsp3) is 0.350. The van der Waals surface area contributed by atoms with Crippen LogP contribution < -0.4 is 5.32 Å². The number of rotatable bonds is 8. The average Bonchev–Trinajstić information content (AvgIpc) is 2.92. The van der Waals surface area contributed by atoms with E-state index in [0.717, 1.165) is 22.0 Å². The van der Waals surface area contributed by atoms with Crippen molar-refractivity contribution in [3.8, 4) is 0 Å². The van der Waals surface area contributed by atoms with E-state index in [-0.39, 0.29) is 24.1 Å². The number of ether oxygens (including phenoxy) is 1. The first-order chi connectivity index (χ1) is 12.8. The zero-order chi connectivity index (χ0) is 20.0. The van der Waals surface area contributed by atoms with Gasteiger partial charge in [-0.15, -0.1) is 11.8 Å². The zero-order valence-electron chi connectivity index (χ0n) is 16.0. The lowest BCUT2D eigenvalue weighted by Crippen LogP contribution is -2.10. The summed E-state index contributed by atoms with van der Waals surface area (Å²) in [5.41, 5.74) is 3.22. The maximum atomic E-state index is 12.6. The van der Waals surface area contributed by atoms with Crippen molar-refractivity contribution in [2.24, 2.45) is 0 Å². The van der Waals surface area contributed by atoms with Crippen molar-refractivity contribution in [1.82, 2.24) is 4.57 Å². The molecule has 0 fully saturated rings. The van der Waals surface area contributed by atoms with Gasteiger partial charge in [0.25, 0.3) is 0 Å². The summed E-state index contributed by atoms with van der Waals surface area (Å²) in [7, 11) is 1.37. The molecule has 0 saturated heterocycles. The zero-order valence-corrected chi connectivity index (χ0v) is 16.8. The number of amides is 1. The fourth-order valence-electron chi connectivity index (χ4n) is 2.80. The lowest BCUT2D eigenvalue weighted by Gasteiger charge is -2.09. The number of ketones is 1. The maximum Gasteiger partial charge on any atom is 0.307 e. The molecular formula is C20H24N2O4S. The molecule has 1 amide bonds. The van der Waals surface area contributed by atoms with Crippen molar-refractivity contribution in [3.63, 3.8) is 0 Å². The average molecular weight is 388 g/mol. The molecule has 27 heavy (non-hydrogen) atoms. The van der Waals surface area contributed by atoms with Crippen LogP contribution in [0.4, 0.5) is 5.69 Å². The topological polar surface area (TPSA) is 77.4 Å². The van der Waals surface area contributed by atoms with Gasteiger partial charge in [-0.05, 0) is 44.2 Å². The fourth-order valence-corrected chi connectivity index (χ4v) is 3.58. The van der Waals surface area contributed by atoms with Crippen LogP contribution in [-0.2, 0) is 20.9 Å². The molecule has 0 unspecified atom stereocenters. The summed E-state index contributed by atoms with van der Waals surface area (Å²) in [4.78, 5) is 36.0. The van der Waals surface area contributed by atoms with E-state index in [1.165, 1.54) is 25.8 Å². The maximum absolute atomic E-state index is 12.6. The van der Waals surface area contributed by atoms with Gasteiger partial charge in [-0.3, -0.25) is 14.4 Å². The summed E-state index contributed by atoms with van der Waals surface area (Å²) in [6.45, 7) is 5.78. The molecule has 7 heteroatoms. The third-order valence-electron chi connectivity index (χ3n) is 4.19. The van der Waals surface area contributed by atoms with Crippen LogP contribution in [0.2, 0.25) is 0 Å². The minimum atomic E-state index is -0.270. The Morgan fingerprint density at radius 3 is 2.41 bits per heavy atom. The predicted molar refractivity (Wildman–Crippen MR) is 106 cm³/mol. The molecule has 0 aliphatic rings. The molecule has 1 aromatic heterocycles. The van der Waals surface area contributed by atoms with Crippen LogP contribution in [0.25, 0.3) is 0 Å². The van der Waals surface area contributed by atoms with Gasteiger partial charge in [-0.1, -0.05) is 0 Å². The number of benzene rings is 1. The molecule has 0 atom stereocenters. The minimum Gasteiger partial charge on any atom is -0.469 e. The van der Waals surface area contributed by atoms with Gasteiger partial charge in [0.2, 0.25) is 5.91 Å². The molecule has 0 aliphatic carbocycles. The SMILES string of the molecule is COC(=O)CCn1c(C)cc(C(=O)CSc2ccc(NC(C)=O)cc2)c1C. The summed E-state index contributed by atoms with van der Waals surface area (Å²) in [5, 5.41) is 2.71. The van der Waals surface area contributed by atoms with Crippen molar-refractivity contribution in [1.29, 1.82) is 0 Å². The Kier molecular flexibility index (Phi) is 7.24. The number of carbonyl (C=O) groups is 3. The van der Waals surface area contributed by atoms with E-state index in [4.69, 9.17) is 0 Å². The number of carbonyl (C=O) groups excluding carboxylic acids is 3. The number of nitrogens with zero attached hydrogens (tertiary/aromatic N) is 1. The molecule has 0 radical (unpaired) electrons. The summed E-state index contributed by atoms with van der Waals surface area (Å²) in [5.74, 6) is -0.0223. The van der Waals surface area contributed by atoms with Crippen molar-refractivity contribution in [3.05, 3.63) is 47.3 Å². The highest BCUT2D eigenvalue weighted by atomic mass is 32.2. The second-order valence-corrected chi connectivity index (χ2v) is 7.23. The van der Waals surface area contributed by atoms with Crippen LogP contribution in [0.1, 0.15) is 35.1 Å². The summed E-state index contributed by atoms with van der Waals surface area (Å²) < 4.78 is 6.65. The lowest BCUT2D eigenvalue weighted by atomic mass is 10.2. The predicted octanol–water partition coefficient (Wildman–Crippen LogP) is 3.60. The molecule has 1 heterocycles. The van der Waals surface area contributed by atoms with Gasteiger partial charge in [0.05, 0.1) is 19.3 Å². The van der Waals surface area contributed by atoms with E-state index in [1.54, 1.807) is 0 Å². The molecule has 0 bridgehead atoms. The van der Waals surface area contributed by atoms with Crippen LogP contribution in [0, 0.1) is 13.8 Å². The molecule has 0 saturated carbocycles. The van der Waals surface area contributed by atoms with Gasteiger partial charge >= 0.3 is 5.97 Å². The highest BCUT2D eigenvalue weighted by Crippen LogP contribution is 2.23. The number of thioether (sulfide) groups is 1. The quantitative estimate of drug-likeness (QED) is 0.425. The number of Topliss-reactive ketones (excluding diaryl/α,β-unsaturated/α-hetero) is 1. The smallest absolute Gasteiger partial charge is 0.307 e. The van der Waals surface area contributed by atoms with Crippen molar-refractivity contribution in [2.75, 3.05) is 18.2 Å². The molecule has 6 nitrogen and oxygen atoms in total. The monoisotopic (exact) mass is 388 g/mol. The summed E-state index contributed by atoms with van der Waals surface area (Å²) in [6, 6.07) is 9.25. The molecule has 0 spiro atoms. The molecule has 1 aromatic carbocycles. The second kappa shape index (κ2) is 9.41. The van der Waals surface area contributed by atoms with Crippen molar-refractivity contribution in [2.45, 2.75) is 38.6 Å². The number of aryl methyl sites for hydroxylation is 1. The first-order valence-electron chi connectivity index (χ1n) is 8.59. The van der Waals surface area contributed by atoms with E-state index in [1.807, 2.05) is 48.7 Å². The number of esters is 1. The lowest BCUT2D eigenvalue weighted by molar-refractivity contribution is -0.140. The number of anilines is 1. The number of hydrogen-bond acceptors (Lipinski definition) is 5. The number of nitrogens with one attached hydrogen (secondary N) is 1. The number of hydrogen-bond donors (Lipinski definition) is 1. The first kappa shape index (κ1) is 20.8. The van der Waals surface area contributed by atoms with Crippen LogP contribution in [0.5, 0.6) is 0 Å². The van der Waals surface area contributed by atoms with E-state index >= 15 is 0 Å². The Bertz CT molecular complexity index is 840. The van der Waals surface area contributed by atoms with Crippen LogP contribution in [0.15, 0.2) is 35.2 Å². The summed E-state index contributed by atoms with van der Waals surface area (Å²) in [6.07, 6.45) is 0.274.